The monoisotopic (exact) mass is 257 g/mol. The number of hydrogen-bond donors (Lipinski definition) is 2. The Hall–Kier alpha value is -2.82. The van der Waals surface area contributed by atoms with Crippen molar-refractivity contribution in [2.45, 2.75) is 0 Å². The maximum absolute atomic E-state index is 10.6. The molecule has 0 saturated heterocycles. The first-order chi connectivity index (χ1) is 9.04. The molecule has 2 aromatic carbocycles. The van der Waals surface area contributed by atoms with E-state index in [4.69, 9.17) is 0 Å². The highest BCUT2D eigenvalue weighted by atomic mass is 16.6. The molecule has 0 aliphatic carbocycles. The molecule has 0 heterocycles. The van der Waals surface area contributed by atoms with E-state index in [1.165, 1.54) is 30.3 Å². The topological polar surface area (TPSA) is 83.6 Å². The maximum atomic E-state index is 10.6. The van der Waals surface area contributed by atoms with E-state index in [1.54, 1.807) is 24.3 Å². The summed E-state index contributed by atoms with van der Waals surface area (Å²) < 4.78 is 0. The lowest BCUT2D eigenvalue weighted by Gasteiger charge is -1.98. The highest BCUT2D eigenvalue weighted by molar-refractivity contribution is 5.71. The van der Waals surface area contributed by atoms with Crippen molar-refractivity contribution < 1.29 is 15.1 Å². The molecule has 0 aromatic heterocycles. The standard InChI is InChI=1S/C14H11NO4/c16-13-7-11(8-14(17)9-13)5-4-10-2-1-3-12(6-10)15(18)19/h1-9,16-17H. The van der Waals surface area contributed by atoms with Crippen molar-refractivity contribution in [3.63, 3.8) is 0 Å². The van der Waals surface area contributed by atoms with Gasteiger partial charge in [0.2, 0.25) is 0 Å². The van der Waals surface area contributed by atoms with Gasteiger partial charge in [-0.3, -0.25) is 10.1 Å². The van der Waals surface area contributed by atoms with E-state index in [0.29, 0.717) is 11.1 Å². The molecule has 0 aliphatic heterocycles. The number of nitro benzene ring substituents is 1. The SMILES string of the molecule is O=[N+]([O-])c1cccc(C=Cc2cc(O)cc(O)c2)c1. The molecule has 0 fully saturated rings. The van der Waals surface area contributed by atoms with Crippen molar-refractivity contribution in [2.24, 2.45) is 0 Å². The molecule has 2 rings (SSSR count). The van der Waals surface area contributed by atoms with Gasteiger partial charge in [-0.2, -0.15) is 0 Å². The minimum atomic E-state index is -0.461. The molecule has 0 saturated carbocycles. The number of hydrogen-bond acceptors (Lipinski definition) is 4. The molecule has 0 aliphatic rings. The number of rotatable bonds is 3. The van der Waals surface area contributed by atoms with Crippen LogP contribution in [0.1, 0.15) is 11.1 Å². The van der Waals surface area contributed by atoms with Gasteiger partial charge in [0.15, 0.2) is 0 Å². The summed E-state index contributed by atoms with van der Waals surface area (Å²) in [6, 6.07) is 10.4. The van der Waals surface area contributed by atoms with Crippen molar-refractivity contribution >= 4 is 17.8 Å². The second-order valence-corrected chi connectivity index (χ2v) is 3.97. The van der Waals surface area contributed by atoms with Crippen LogP contribution in [0.25, 0.3) is 12.2 Å². The Bertz CT molecular complexity index is 629. The van der Waals surface area contributed by atoms with Gasteiger partial charge in [-0.1, -0.05) is 24.3 Å². The lowest BCUT2D eigenvalue weighted by atomic mass is 10.1. The van der Waals surface area contributed by atoms with Crippen LogP contribution in [0.2, 0.25) is 0 Å². The van der Waals surface area contributed by atoms with Gasteiger partial charge in [0.25, 0.3) is 5.69 Å². The summed E-state index contributed by atoms with van der Waals surface area (Å²) in [6.45, 7) is 0. The first kappa shape index (κ1) is 12.6. The van der Waals surface area contributed by atoms with Crippen LogP contribution in [-0.4, -0.2) is 15.1 Å². The third-order valence-corrected chi connectivity index (χ3v) is 2.47. The van der Waals surface area contributed by atoms with Gasteiger partial charge in [-0.25, -0.2) is 0 Å². The van der Waals surface area contributed by atoms with Crippen LogP contribution in [0.5, 0.6) is 11.5 Å². The van der Waals surface area contributed by atoms with Gasteiger partial charge in [-0.15, -0.1) is 0 Å². The fourth-order valence-electron chi connectivity index (χ4n) is 1.65. The molecule has 5 heteroatoms. The van der Waals surface area contributed by atoms with E-state index < -0.39 is 4.92 Å². The Labute approximate surface area is 109 Å². The van der Waals surface area contributed by atoms with Gasteiger partial charge in [0, 0.05) is 18.2 Å². The maximum Gasteiger partial charge on any atom is 0.270 e. The molecule has 0 radical (unpaired) electrons. The van der Waals surface area contributed by atoms with Gasteiger partial charge >= 0.3 is 0 Å². The number of non-ortho nitro benzene ring substituents is 1. The molecule has 0 amide bonds. The number of phenols is 2. The molecule has 5 nitrogen and oxygen atoms in total. The summed E-state index contributed by atoms with van der Waals surface area (Å²) in [7, 11) is 0. The van der Waals surface area contributed by atoms with Crippen molar-refractivity contribution in [3.8, 4) is 11.5 Å². The van der Waals surface area contributed by atoms with E-state index in [9.17, 15) is 20.3 Å². The smallest absolute Gasteiger partial charge is 0.270 e. The van der Waals surface area contributed by atoms with E-state index in [0.717, 1.165) is 0 Å². The second kappa shape index (κ2) is 5.22. The van der Waals surface area contributed by atoms with Gasteiger partial charge < -0.3 is 10.2 Å². The summed E-state index contributed by atoms with van der Waals surface area (Å²) >= 11 is 0. The van der Waals surface area contributed by atoms with Gasteiger partial charge in [0.1, 0.15) is 11.5 Å². The Morgan fingerprint density at radius 2 is 1.58 bits per heavy atom. The summed E-state index contributed by atoms with van der Waals surface area (Å²) in [4.78, 5) is 10.2. The summed E-state index contributed by atoms with van der Waals surface area (Å²) in [5.41, 5.74) is 1.28. The van der Waals surface area contributed by atoms with E-state index in [-0.39, 0.29) is 17.2 Å². The molecule has 0 unspecified atom stereocenters. The normalized spacial score (nSPS) is 10.7. The number of nitro groups is 1. The Morgan fingerprint density at radius 3 is 2.21 bits per heavy atom. The largest absolute Gasteiger partial charge is 0.508 e. The molecule has 0 atom stereocenters. The minimum absolute atomic E-state index is 0.0147. The molecule has 96 valence electrons. The van der Waals surface area contributed by atoms with Crippen LogP contribution in [0.3, 0.4) is 0 Å². The van der Waals surface area contributed by atoms with Crippen molar-refractivity contribution in [3.05, 3.63) is 63.7 Å². The lowest BCUT2D eigenvalue weighted by Crippen LogP contribution is -1.87. The first-order valence-corrected chi connectivity index (χ1v) is 5.50. The molecule has 0 bridgehead atoms. The zero-order valence-electron chi connectivity index (χ0n) is 9.85. The fraction of sp³-hybridized carbons (Fsp3) is 0. The van der Waals surface area contributed by atoms with E-state index in [2.05, 4.69) is 0 Å². The van der Waals surface area contributed by atoms with Crippen LogP contribution in [0.15, 0.2) is 42.5 Å². The van der Waals surface area contributed by atoms with Gasteiger partial charge in [-0.05, 0) is 23.3 Å². The zero-order chi connectivity index (χ0) is 13.8. The van der Waals surface area contributed by atoms with Crippen LogP contribution in [-0.2, 0) is 0 Å². The molecule has 2 N–H and O–H groups in total. The predicted octanol–water partition coefficient (Wildman–Crippen LogP) is 3.18. The summed E-state index contributed by atoms with van der Waals surface area (Å²) in [6.07, 6.45) is 3.32. The van der Waals surface area contributed by atoms with Crippen LogP contribution >= 0.6 is 0 Å². The summed E-state index contributed by atoms with van der Waals surface area (Å²) in [5, 5.41) is 29.3. The Kier molecular flexibility index (Phi) is 3.47. The Morgan fingerprint density at radius 1 is 0.947 bits per heavy atom. The molecular weight excluding hydrogens is 246 g/mol. The molecular formula is C14H11NO4. The van der Waals surface area contributed by atoms with E-state index >= 15 is 0 Å². The lowest BCUT2D eigenvalue weighted by molar-refractivity contribution is -0.384. The summed E-state index contributed by atoms with van der Waals surface area (Å²) in [5.74, 6) is -0.0858. The number of phenolic OH excluding ortho intramolecular Hbond substituents is 2. The van der Waals surface area contributed by atoms with Crippen LogP contribution < -0.4 is 0 Å². The average Bonchev–Trinajstić information content (AvgIpc) is 2.35. The van der Waals surface area contributed by atoms with Crippen LogP contribution in [0.4, 0.5) is 5.69 Å². The third kappa shape index (κ3) is 3.32. The predicted molar refractivity (Wildman–Crippen MR) is 71.8 cm³/mol. The number of benzene rings is 2. The average molecular weight is 257 g/mol. The fourth-order valence-corrected chi connectivity index (χ4v) is 1.65. The number of nitrogens with zero attached hydrogens (tertiary/aromatic N) is 1. The van der Waals surface area contributed by atoms with Gasteiger partial charge in [0.05, 0.1) is 4.92 Å². The highest BCUT2D eigenvalue weighted by Gasteiger charge is 2.03. The first-order valence-electron chi connectivity index (χ1n) is 5.50. The number of aromatic hydroxyl groups is 2. The minimum Gasteiger partial charge on any atom is -0.508 e. The van der Waals surface area contributed by atoms with Crippen molar-refractivity contribution in [1.82, 2.24) is 0 Å². The second-order valence-electron chi connectivity index (χ2n) is 3.97. The highest BCUT2D eigenvalue weighted by Crippen LogP contribution is 2.22. The third-order valence-electron chi connectivity index (χ3n) is 2.47. The quantitative estimate of drug-likeness (QED) is 0.502. The zero-order valence-corrected chi connectivity index (χ0v) is 9.85. The molecule has 2 aromatic rings. The van der Waals surface area contributed by atoms with E-state index in [1.807, 2.05) is 0 Å². The van der Waals surface area contributed by atoms with Crippen molar-refractivity contribution in [1.29, 1.82) is 0 Å². The van der Waals surface area contributed by atoms with Crippen LogP contribution in [0, 0.1) is 10.1 Å². The molecule has 19 heavy (non-hydrogen) atoms. The Balaban J connectivity index is 2.27. The molecule has 0 spiro atoms. The van der Waals surface area contributed by atoms with Crippen molar-refractivity contribution in [2.75, 3.05) is 0 Å².